The molecule has 1 aromatic carbocycles. The highest BCUT2D eigenvalue weighted by atomic mass is 19.1. The molecule has 3 aromatic rings. The van der Waals surface area contributed by atoms with Crippen LogP contribution in [0.1, 0.15) is 73.9 Å². The average Bonchev–Trinajstić information content (AvgIpc) is 3.48. The predicted molar refractivity (Wildman–Crippen MR) is 148 cm³/mol. The van der Waals surface area contributed by atoms with Crippen molar-refractivity contribution in [2.45, 2.75) is 71.8 Å². The first-order valence-electron chi connectivity index (χ1n) is 14.1. The van der Waals surface area contributed by atoms with Crippen molar-refractivity contribution in [2.24, 2.45) is 11.8 Å². The van der Waals surface area contributed by atoms with Crippen molar-refractivity contribution in [1.29, 1.82) is 0 Å². The SMILES string of the molecule is Cc1cncc2c1c(C[C@H]1CCN(CC3CCCCC3)C1)cn2-c1ccc(F)cc1C(=O)N(C)C(C)C. The first-order valence-corrected chi connectivity index (χ1v) is 14.1. The van der Waals surface area contributed by atoms with Crippen LogP contribution in [0.4, 0.5) is 4.39 Å². The number of benzene rings is 1. The zero-order valence-corrected chi connectivity index (χ0v) is 22.8. The Morgan fingerprint density at radius 1 is 1.14 bits per heavy atom. The highest BCUT2D eigenvalue weighted by molar-refractivity contribution is 5.99. The predicted octanol–water partition coefficient (Wildman–Crippen LogP) is 6.40. The van der Waals surface area contributed by atoms with E-state index in [-0.39, 0.29) is 11.9 Å². The van der Waals surface area contributed by atoms with E-state index in [2.05, 4.69) is 27.6 Å². The van der Waals surface area contributed by atoms with Crippen molar-refractivity contribution in [3.63, 3.8) is 0 Å². The number of rotatable bonds is 7. The van der Waals surface area contributed by atoms with Crippen LogP contribution in [-0.2, 0) is 6.42 Å². The highest BCUT2D eigenvalue weighted by Gasteiger charge is 2.28. The van der Waals surface area contributed by atoms with Gasteiger partial charge in [-0.25, -0.2) is 4.39 Å². The number of aryl methyl sites for hydroxylation is 1. The summed E-state index contributed by atoms with van der Waals surface area (Å²) in [5, 5.41) is 1.21. The van der Waals surface area contributed by atoms with Gasteiger partial charge in [0.2, 0.25) is 0 Å². The Labute approximate surface area is 220 Å². The molecule has 6 heteroatoms. The summed E-state index contributed by atoms with van der Waals surface area (Å²) in [6.45, 7) is 9.65. The molecule has 1 saturated heterocycles. The summed E-state index contributed by atoms with van der Waals surface area (Å²) in [6.07, 6.45) is 15.2. The van der Waals surface area contributed by atoms with Crippen LogP contribution in [0.15, 0.2) is 36.8 Å². The summed E-state index contributed by atoms with van der Waals surface area (Å²) >= 11 is 0. The maximum absolute atomic E-state index is 14.3. The maximum atomic E-state index is 14.3. The van der Waals surface area contributed by atoms with Crippen molar-refractivity contribution in [2.75, 3.05) is 26.7 Å². The van der Waals surface area contributed by atoms with Gasteiger partial charge in [0.15, 0.2) is 0 Å². The molecule has 0 radical (unpaired) electrons. The van der Waals surface area contributed by atoms with Gasteiger partial charge in [-0.3, -0.25) is 9.78 Å². The molecule has 5 rings (SSSR count). The fraction of sp³-hybridized carbons (Fsp3) is 0.548. The van der Waals surface area contributed by atoms with Gasteiger partial charge < -0.3 is 14.4 Å². The van der Waals surface area contributed by atoms with Gasteiger partial charge in [0.25, 0.3) is 5.91 Å². The Morgan fingerprint density at radius 3 is 2.68 bits per heavy atom. The third kappa shape index (κ3) is 5.45. The summed E-state index contributed by atoms with van der Waals surface area (Å²) in [4.78, 5) is 22.2. The third-order valence-electron chi connectivity index (χ3n) is 8.64. The lowest BCUT2D eigenvalue weighted by molar-refractivity contribution is 0.0754. The summed E-state index contributed by atoms with van der Waals surface area (Å²) in [7, 11) is 1.77. The number of likely N-dealkylation sites (tertiary alicyclic amines) is 1. The number of carbonyl (C=O) groups is 1. The fourth-order valence-corrected chi connectivity index (χ4v) is 6.40. The van der Waals surface area contributed by atoms with Gasteiger partial charge in [0.05, 0.1) is 23.0 Å². The molecule has 0 N–H and O–H groups in total. The Hall–Kier alpha value is -2.73. The molecule has 5 nitrogen and oxygen atoms in total. The van der Waals surface area contributed by atoms with E-state index in [0.29, 0.717) is 17.2 Å². The molecule has 37 heavy (non-hydrogen) atoms. The van der Waals surface area contributed by atoms with Crippen LogP contribution < -0.4 is 0 Å². The molecule has 2 aliphatic rings. The number of nitrogens with zero attached hydrogens (tertiary/aromatic N) is 4. The molecule has 2 aromatic heterocycles. The van der Waals surface area contributed by atoms with Crippen molar-refractivity contribution >= 4 is 16.8 Å². The maximum Gasteiger partial charge on any atom is 0.256 e. The molecule has 0 unspecified atom stereocenters. The van der Waals surface area contributed by atoms with E-state index in [0.717, 1.165) is 30.0 Å². The number of amides is 1. The normalized spacial score (nSPS) is 19.2. The van der Waals surface area contributed by atoms with Crippen LogP contribution in [0.2, 0.25) is 0 Å². The van der Waals surface area contributed by atoms with Crippen LogP contribution in [-0.4, -0.2) is 58.0 Å². The van der Waals surface area contributed by atoms with Gasteiger partial charge in [-0.15, -0.1) is 0 Å². The molecule has 0 bridgehead atoms. The van der Waals surface area contributed by atoms with Gasteiger partial charge >= 0.3 is 0 Å². The van der Waals surface area contributed by atoms with E-state index in [1.165, 1.54) is 74.7 Å². The lowest BCUT2D eigenvalue weighted by Crippen LogP contribution is -2.33. The van der Waals surface area contributed by atoms with E-state index in [1.807, 2.05) is 26.2 Å². The lowest BCUT2D eigenvalue weighted by Gasteiger charge is -2.26. The molecule has 198 valence electrons. The van der Waals surface area contributed by atoms with Crippen LogP contribution in [0, 0.1) is 24.6 Å². The summed E-state index contributed by atoms with van der Waals surface area (Å²) in [5.74, 6) is 0.916. The van der Waals surface area contributed by atoms with Crippen molar-refractivity contribution in [3.05, 3.63) is 59.3 Å². The zero-order chi connectivity index (χ0) is 26.1. The number of hydrogen-bond donors (Lipinski definition) is 0. The van der Waals surface area contributed by atoms with E-state index >= 15 is 0 Å². The standard InChI is InChI=1S/C31H41FN4O/c1-21(2)34(4)31(37)27-15-26(32)10-11-28(27)36-20-25(30-22(3)16-33-17-29(30)36)14-24-12-13-35(19-24)18-23-8-6-5-7-9-23/h10-11,15-17,20-21,23-24H,5-9,12-14,18-19H2,1-4H3/t24-/m1/s1. The lowest BCUT2D eigenvalue weighted by atomic mass is 9.89. The Bertz CT molecular complexity index is 1260. The minimum Gasteiger partial charge on any atom is -0.339 e. The number of halogens is 1. The summed E-state index contributed by atoms with van der Waals surface area (Å²) in [5.41, 5.74) is 4.48. The second-order valence-corrected chi connectivity index (χ2v) is 11.7. The van der Waals surface area contributed by atoms with Crippen LogP contribution >= 0.6 is 0 Å². The van der Waals surface area contributed by atoms with E-state index in [9.17, 15) is 9.18 Å². The highest BCUT2D eigenvalue weighted by Crippen LogP contribution is 2.33. The summed E-state index contributed by atoms with van der Waals surface area (Å²) in [6, 6.07) is 4.55. The minimum absolute atomic E-state index is 0.0171. The number of aromatic nitrogens is 2. The molecule has 0 spiro atoms. The number of carbonyl (C=O) groups excluding carboxylic acids is 1. The zero-order valence-electron chi connectivity index (χ0n) is 22.8. The van der Waals surface area contributed by atoms with Crippen LogP contribution in [0.25, 0.3) is 16.6 Å². The quantitative estimate of drug-likeness (QED) is 0.374. The van der Waals surface area contributed by atoms with Crippen LogP contribution in [0.5, 0.6) is 0 Å². The second-order valence-electron chi connectivity index (χ2n) is 11.7. The van der Waals surface area contributed by atoms with E-state index < -0.39 is 5.82 Å². The van der Waals surface area contributed by atoms with Crippen LogP contribution in [0.3, 0.4) is 0 Å². The molecule has 3 heterocycles. The van der Waals surface area contributed by atoms with Crippen molar-refractivity contribution in [3.8, 4) is 5.69 Å². The molecule has 1 aliphatic carbocycles. The fourth-order valence-electron chi connectivity index (χ4n) is 6.40. The molecule has 1 atom stereocenters. The van der Waals surface area contributed by atoms with Gasteiger partial charge in [0, 0.05) is 44.0 Å². The molecule has 2 fully saturated rings. The molecular weight excluding hydrogens is 463 g/mol. The number of fused-ring (bicyclic) bond motifs is 1. The second kappa shape index (κ2) is 10.9. The molecule has 1 aliphatic heterocycles. The van der Waals surface area contributed by atoms with E-state index in [4.69, 9.17) is 0 Å². The van der Waals surface area contributed by atoms with Gasteiger partial charge in [-0.2, -0.15) is 0 Å². The Morgan fingerprint density at radius 2 is 1.92 bits per heavy atom. The molecular formula is C31H41FN4O. The Balaban J connectivity index is 1.45. The number of pyridine rings is 1. The van der Waals surface area contributed by atoms with E-state index in [1.54, 1.807) is 18.0 Å². The summed E-state index contributed by atoms with van der Waals surface area (Å²) < 4.78 is 16.4. The first kappa shape index (κ1) is 25.9. The monoisotopic (exact) mass is 504 g/mol. The smallest absolute Gasteiger partial charge is 0.256 e. The molecule has 1 amide bonds. The van der Waals surface area contributed by atoms with Gasteiger partial charge in [-0.05, 0) is 94.2 Å². The largest absolute Gasteiger partial charge is 0.339 e. The van der Waals surface area contributed by atoms with Gasteiger partial charge in [0.1, 0.15) is 5.82 Å². The third-order valence-corrected chi connectivity index (χ3v) is 8.64. The Kier molecular flexibility index (Phi) is 7.66. The van der Waals surface area contributed by atoms with Crippen molar-refractivity contribution in [1.82, 2.24) is 19.4 Å². The first-order chi connectivity index (χ1) is 17.8. The minimum atomic E-state index is -0.403. The van der Waals surface area contributed by atoms with Crippen molar-refractivity contribution < 1.29 is 9.18 Å². The topological polar surface area (TPSA) is 41.4 Å². The number of hydrogen-bond acceptors (Lipinski definition) is 3. The molecule has 1 saturated carbocycles. The van der Waals surface area contributed by atoms with Gasteiger partial charge in [-0.1, -0.05) is 19.3 Å². The average molecular weight is 505 g/mol.